The molecule has 0 heterocycles. The molecule has 2 aromatic rings. The van der Waals surface area contributed by atoms with Crippen LogP contribution in [-0.4, -0.2) is 15.8 Å². The van der Waals surface area contributed by atoms with E-state index in [1.807, 2.05) is 0 Å². The van der Waals surface area contributed by atoms with E-state index in [1.54, 1.807) is 0 Å². The van der Waals surface area contributed by atoms with Crippen molar-refractivity contribution in [3.05, 3.63) is 72.5 Å². The van der Waals surface area contributed by atoms with Crippen LogP contribution >= 0.6 is 15.9 Å². The number of amides is 1. The second kappa shape index (κ2) is 6.48. The molecule has 0 aliphatic carbocycles. The Labute approximate surface area is 136 Å². The highest BCUT2D eigenvalue weighted by Crippen LogP contribution is 2.26. The molecule has 1 N–H and O–H groups in total. The van der Waals surface area contributed by atoms with Crippen molar-refractivity contribution in [3.8, 4) is 0 Å². The fourth-order valence-corrected chi connectivity index (χ4v) is 2.17. The van der Waals surface area contributed by atoms with E-state index in [9.17, 15) is 29.4 Å². The second-order valence-electron chi connectivity index (χ2n) is 4.33. The third-order valence-corrected chi connectivity index (χ3v) is 3.42. The first kappa shape index (κ1) is 16.5. The van der Waals surface area contributed by atoms with E-state index >= 15 is 0 Å². The highest BCUT2D eigenvalue weighted by molar-refractivity contribution is 9.10. The van der Waals surface area contributed by atoms with E-state index in [2.05, 4.69) is 21.2 Å². The number of nitrogens with zero attached hydrogens (tertiary/aromatic N) is 2. The van der Waals surface area contributed by atoms with Gasteiger partial charge in [-0.25, -0.2) is 4.39 Å². The number of halogens is 2. The Morgan fingerprint density at radius 3 is 2.09 bits per heavy atom. The number of anilines is 1. The van der Waals surface area contributed by atoms with Crippen LogP contribution < -0.4 is 5.32 Å². The molecule has 8 nitrogen and oxygen atoms in total. The standard InChI is InChI=1S/C13H7BrFN3O5/c14-11-5-8(15)1-2-12(11)16-13(19)7-3-9(17(20)21)6-10(4-7)18(22)23/h1-6H,(H,16,19). The summed E-state index contributed by atoms with van der Waals surface area (Å²) in [4.78, 5) is 32.1. The quantitative estimate of drug-likeness (QED) is 0.638. The smallest absolute Gasteiger partial charge is 0.277 e. The predicted molar refractivity (Wildman–Crippen MR) is 81.8 cm³/mol. The average Bonchev–Trinajstić information content (AvgIpc) is 2.49. The van der Waals surface area contributed by atoms with E-state index in [0.717, 1.165) is 30.3 Å². The monoisotopic (exact) mass is 383 g/mol. The normalized spacial score (nSPS) is 10.2. The van der Waals surface area contributed by atoms with Crippen LogP contribution in [0.25, 0.3) is 0 Å². The first-order valence-corrected chi connectivity index (χ1v) is 6.77. The molecular weight excluding hydrogens is 377 g/mol. The first-order valence-electron chi connectivity index (χ1n) is 5.98. The maximum absolute atomic E-state index is 13.0. The van der Waals surface area contributed by atoms with Crippen molar-refractivity contribution in [3.63, 3.8) is 0 Å². The number of non-ortho nitro benzene ring substituents is 2. The van der Waals surface area contributed by atoms with Crippen LogP contribution in [0.15, 0.2) is 40.9 Å². The summed E-state index contributed by atoms with van der Waals surface area (Å²) in [5, 5.41) is 24.0. The Bertz CT molecular complexity index is 795. The van der Waals surface area contributed by atoms with Crippen molar-refractivity contribution in [1.82, 2.24) is 0 Å². The Balaban J connectivity index is 2.38. The number of hydrogen-bond donors (Lipinski definition) is 1. The second-order valence-corrected chi connectivity index (χ2v) is 5.18. The molecule has 0 aliphatic heterocycles. The van der Waals surface area contributed by atoms with Gasteiger partial charge in [0.1, 0.15) is 5.82 Å². The zero-order valence-corrected chi connectivity index (χ0v) is 12.7. The third-order valence-electron chi connectivity index (χ3n) is 2.77. The van der Waals surface area contributed by atoms with E-state index in [0.29, 0.717) is 0 Å². The van der Waals surface area contributed by atoms with Crippen LogP contribution in [0, 0.1) is 26.0 Å². The molecule has 0 radical (unpaired) electrons. The summed E-state index contributed by atoms with van der Waals surface area (Å²) in [6.45, 7) is 0. The lowest BCUT2D eigenvalue weighted by atomic mass is 10.1. The molecule has 0 saturated carbocycles. The van der Waals surface area contributed by atoms with Gasteiger partial charge >= 0.3 is 0 Å². The molecule has 2 aromatic carbocycles. The average molecular weight is 384 g/mol. The van der Waals surface area contributed by atoms with Crippen LogP contribution in [0.5, 0.6) is 0 Å². The molecule has 0 saturated heterocycles. The van der Waals surface area contributed by atoms with Crippen LogP contribution in [0.1, 0.15) is 10.4 Å². The molecule has 0 spiro atoms. The van der Waals surface area contributed by atoms with E-state index < -0.39 is 32.9 Å². The number of carbonyl (C=O) groups excluding carboxylic acids is 1. The van der Waals surface area contributed by atoms with Gasteiger partial charge in [-0.2, -0.15) is 0 Å². The zero-order chi connectivity index (χ0) is 17.1. The van der Waals surface area contributed by atoms with E-state index in [4.69, 9.17) is 0 Å². The summed E-state index contributed by atoms with van der Waals surface area (Å²) in [6.07, 6.45) is 0. The van der Waals surface area contributed by atoms with Crippen LogP contribution in [-0.2, 0) is 0 Å². The number of rotatable bonds is 4. The third kappa shape index (κ3) is 3.86. The number of nitro benzene ring substituents is 2. The molecule has 0 atom stereocenters. The molecule has 0 unspecified atom stereocenters. The van der Waals surface area contributed by atoms with Gasteiger partial charge in [0.15, 0.2) is 0 Å². The summed E-state index contributed by atoms with van der Waals surface area (Å²) in [6, 6.07) is 6.09. The summed E-state index contributed by atoms with van der Waals surface area (Å²) in [5.74, 6) is -1.33. The lowest BCUT2D eigenvalue weighted by Crippen LogP contribution is -2.13. The first-order chi connectivity index (χ1) is 10.8. The molecule has 0 aliphatic rings. The number of nitrogens with one attached hydrogen (secondary N) is 1. The van der Waals surface area contributed by atoms with Crippen molar-refractivity contribution in [2.75, 3.05) is 5.32 Å². The van der Waals surface area contributed by atoms with Gasteiger partial charge in [-0.1, -0.05) is 0 Å². The minimum Gasteiger partial charge on any atom is -0.321 e. The number of benzene rings is 2. The van der Waals surface area contributed by atoms with Crippen LogP contribution in [0.4, 0.5) is 21.5 Å². The molecule has 118 valence electrons. The van der Waals surface area contributed by atoms with E-state index in [1.165, 1.54) is 6.07 Å². The Hall–Kier alpha value is -2.88. The van der Waals surface area contributed by atoms with Gasteiger partial charge in [0.05, 0.1) is 27.2 Å². The molecule has 0 bridgehead atoms. The summed E-state index contributed by atoms with van der Waals surface area (Å²) in [5.41, 5.74) is -1.21. The van der Waals surface area contributed by atoms with Gasteiger partial charge in [-0.15, -0.1) is 0 Å². The number of carbonyl (C=O) groups is 1. The van der Waals surface area contributed by atoms with Crippen molar-refractivity contribution in [1.29, 1.82) is 0 Å². The van der Waals surface area contributed by atoms with Gasteiger partial charge < -0.3 is 5.32 Å². The predicted octanol–water partition coefficient (Wildman–Crippen LogP) is 3.66. The molecule has 2 rings (SSSR count). The zero-order valence-electron chi connectivity index (χ0n) is 11.2. The Morgan fingerprint density at radius 1 is 1.04 bits per heavy atom. The largest absolute Gasteiger partial charge is 0.321 e. The van der Waals surface area contributed by atoms with Gasteiger partial charge in [-0.05, 0) is 34.1 Å². The number of nitro groups is 2. The van der Waals surface area contributed by atoms with Gasteiger partial charge in [0.25, 0.3) is 17.3 Å². The molecule has 23 heavy (non-hydrogen) atoms. The molecule has 1 amide bonds. The Kier molecular flexibility index (Phi) is 4.65. The van der Waals surface area contributed by atoms with Gasteiger partial charge in [0.2, 0.25) is 0 Å². The lowest BCUT2D eigenvalue weighted by molar-refractivity contribution is -0.394. The lowest BCUT2D eigenvalue weighted by Gasteiger charge is -2.07. The van der Waals surface area contributed by atoms with Crippen molar-refractivity contribution < 1.29 is 19.0 Å². The van der Waals surface area contributed by atoms with Crippen molar-refractivity contribution in [2.45, 2.75) is 0 Å². The maximum Gasteiger partial charge on any atom is 0.277 e. The highest BCUT2D eigenvalue weighted by Gasteiger charge is 2.20. The topological polar surface area (TPSA) is 115 Å². The van der Waals surface area contributed by atoms with E-state index in [-0.39, 0.29) is 15.7 Å². The number of hydrogen-bond acceptors (Lipinski definition) is 5. The molecular formula is C13H7BrFN3O5. The molecule has 0 fully saturated rings. The Morgan fingerprint density at radius 2 is 1.61 bits per heavy atom. The van der Waals surface area contributed by atoms with Crippen molar-refractivity contribution >= 4 is 38.9 Å². The van der Waals surface area contributed by atoms with Gasteiger partial charge in [0, 0.05) is 16.6 Å². The summed E-state index contributed by atoms with van der Waals surface area (Å²) >= 11 is 3.05. The van der Waals surface area contributed by atoms with Gasteiger partial charge in [-0.3, -0.25) is 25.0 Å². The van der Waals surface area contributed by atoms with Crippen LogP contribution in [0.2, 0.25) is 0 Å². The van der Waals surface area contributed by atoms with Crippen LogP contribution in [0.3, 0.4) is 0 Å². The fourth-order valence-electron chi connectivity index (χ4n) is 1.72. The minimum absolute atomic E-state index is 0.213. The summed E-state index contributed by atoms with van der Waals surface area (Å²) in [7, 11) is 0. The molecule has 0 aromatic heterocycles. The molecule has 10 heteroatoms. The highest BCUT2D eigenvalue weighted by atomic mass is 79.9. The minimum atomic E-state index is -0.836. The van der Waals surface area contributed by atoms with Crippen molar-refractivity contribution in [2.24, 2.45) is 0 Å². The summed E-state index contributed by atoms with van der Waals surface area (Å²) < 4.78 is 13.3. The SMILES string of the molecule is O=C(Nc1ccc(F)cc1Br)c1cc([N+](=O)[O-])cc([N+](=O)[O-])c1. The maximum atomic E-state index is 13.0. The fraction of sp³-hybridized carbons (Fsp3) is 0.